The summed E-state index contributed by atoms with van der Waals surface area (Å²) in [5.74, 6) is 1.55. The second-order valence-electron chi connectivity index (χ2n) is 8.29. The largest absolute Gasteiger partial charge is 0.357 e. The second-order valence-corrected chi connectivity index (χ2v) is 10.6. The number of amides is 1. The van der Waals surface area contributed by atoms with Gasteiger partial charge in [-0.15, -0.1) is 24.0 Å². The lowest BCUT2D eigenvalue weighted by molar-refractivity contribution is -0.126. The van der Waals surface area contributed by atoms with Gasteiger partial charge in [0.2, 0.25) is 5.91 Å². The van der Waals surface area contributed by atoms with Gasteiger partial charge in [0.15, 0.2) is 5.96 Å². The van der Waals surface area contributed by atoms with Gasteiger partial charge in [-0.05, 0) is 60.8 Å². The van der Waals surface area contributed by atoms with Crippen molar-refractivity contribution in [3.63, 3.8) is 0 Å². The van der Waals surface area contributed by atoms with Gasteiger partial charge in [0.1, 0.15) is 0 Å². The molecule has 160 valence electrons. The van der Waals surface area contributed by atoms with Crippen molar-refractivity contribution in [2.45, 2.75) is 84.1 Å². The van der Waals surface area contributed by atoms with Crippen LogP contribution in [0.4, 0.5) is 0 Å². The molecule has 1 saturated carbocycles. The van der Waals surface area contributed by atoms with E-state index in [2.05, 4.69) is 20.9 Å². The highest BCUT2D eigenvalue weighted by molar-refractivity contribution is 14.0. The van der Waals surface area contributed by atoms with Crippen LogP contribution in [0, 0.1) is 5.92 Å². The van der Waals surface area contributed by atoms with E-state index in [-0.39, 0.29) is 52.6 Å². The van der Waals surface area contributed by atoms with Crippen LogP contribution < -0.4 is 16.0 Å². The molecule has 0 heterocycles. The lowest BCUT2D eigenvalue weighted by atomic mass is 9.85. The van der Waals surface area contributed by atoms with E-state index in [4.69, 9.17) is 0 Å². The van der Waals surface area contributed by atoms with Crippen molar-refractivity contribution in [3.05, 3.63) is 0 Å². The first-order chi connectivity index (χ1) is 12.1. The van der Waals surface area contributed by atoms with Gasteiger partial charge in [-0.2, -0.15) is 0 Å². The summed E-state index contributed by atoms with van der Waals surface area (Å²) in [4.78, 5) is 16.9. The van der Waals surface area contributed by atoms with Gasteiger partial charge in [0, 0.05) is 45.8 Å². The van der Waals surface area contributed by atoms with Crippen molar-refractivity contribution in [3.8, 4) is 0 Å². The Labute approximate surface area is 185 Å². The molecule has 0 aliphatic heterocycles. The molecule has 0 aromatic rings. The molecule has 3 atom stereocenters. The summed E-state index contributed by atoms with van der Waals surface area (Å²) in [6.45, 7) is 13.3. The van der Waals surface area contributed by atoms with E-state index in [0.29, 0.717) is 12.3 Å². The zero-order chi connectivity index (χ0) is 19.7. The Bertz CT molecular complexity index is 506. The molecule has 27 heavy (non-hydrogen) atoms. The summed E-state index contributed by atoms with van der Waals surface area (Å²) >= 11 is 0. The van der Waals surface area contributed by atoms with Crippen molar-refractivity contribution in [1.29, 1.82) is 0 Å². The first-order valence-electron chi connectivity index (χ1n) is 9.87. The number of nitrogens with zero attached hydrogens (tertiary/aromatic N) is 1. The maximum atomic E-state index is 12.3. The third-order valence-corrected chi connectivity index (χ3v) is 6.31. The van der Waals surface area contributed by atoms with Gasteiger partial charge in [0.25, 0.3) is 0 Å². The van der Waals surface area contributed by atoms with Crippen LogP contribution in [-0.4, -0.2) is 51.7 Å². The summed E-state index contributed by atoms with van der Waals surface area (Å²) in [7, 11) is -0.898. The predicted molar refractivity (Wildman–Crippen MR) is 126 cm³/mol. The summed E-state index contributed by atoms with van der Waals surface area (Å²) in [6, 6.07) is 0.427. The van der Waals surface area contributed by atoms with Crippen LogP contribution in [0.3, 0.4) is 0 Å². The van der Waals surface area contributed by atoms with Crippen molar-refractivity contribution >= 4 is 46.6 Å². The Morgan fingerprint density at radius 3 is 2.48 bits per heavy atom. The number of aliphatic imine (C=N–C) groups is 1. The fraction of sp³-hybridized carbons (Fsp3) is 0.895. The molecular weight excluding hydrogens is 475 g/mol. The SMILES string of the molecule is CCNC(=NCCS(=O)C(C)(C)C)NC1CCCC(C(=O)NC(C)C)C1.I. The molecule has 0 aromatic carbocycles. The van der Waals surface area contributed by atoms with E-state index in [1.54, 1.807) is 0 Å². The summed E-state index contributed by atoms with van der Waals surface area (Å²) in [5.41, 5.74) is 0. The van der Waals surface area contributed by atoms with E-state index in [1.165, 1.54) is 0 Å². The number of rotatable bonds is 7. The molecule has 1 aliphatic carbocycles. The van der Waals surface area contributed by atoms with Gasteiger partial charge in [-0.25, -0.2) is 0 Å². The molecule has 8 heteroatoms. The second kappa shape index (κ2) is 13.0. The third kappa shape index (κ3) is 10.7. The van der Waals surface area contributed by atoms with Crippen LogP contribution in [0.1, 0.15) is 67.2 Å². The van der Waals surface area contributed by atoms with Gasteiger partial charge >= 0.3 is 0 Å². The Balaban J connectivity index is 0.00000676. The fourth-order valence-electron chi connectivity index (χ4n) is 3.02. The maximum Gasteiger partial charge on any atom is 0.223 e. The predicted octanol–water partition coefficient (Wildman–Crippen LogP) is 2.79. The third-order valence-electron chi connectivity index (χ3n) is 4.39. The first-order valence-corrected chi connectivity index (χ1v) is 11.2. The maximum absolute atomic E-state index is 12.3. The molecule has 3 unspecified atom stereocenters. The summed E-state index contributed by atoms with van der Waals surface area (Å²) < 4.78 is 11.9. The minimum Gasteiger partial charge on any atom is -0.357 e. The zero-order valence-corrected chi connectivity index (χ0v) is 20.9. The van der Waals surface area contributed by atoms with Gasteiger partial charge in [0.05, 0.1) is 6.54 Å². The van der Waals surface area contributed by atoms with Crippen molar-refractivity contribution in [2.24, 2.45) is 10.9 Å². The fourth-order valence-corrected chi connectivity index (χ4v) is 3.89. The Morgan fingerprint density at radius 1 is 1.26 bits per heavy atom. The highest BCUT2D eigenvalue weighted by atomic mass is 127. The van der Waals surface area contributed by atoms with Crippen molar-refractivity contribution in [1.82, 2.24) is 16.0 Å². The van der Waals surface area contributed by atoms with E-state index in [9.17, 15) is 9.00 Å². The Kier molecular flexibility index (Phi) is 12.8. The normalized spacial score (nSPS) is 22.0. The average Bonchev–Trinajstić information content (AvgIpc) is 2.53. The van der Waals surface area contributed by atoms with Crippen molar-refractivity contribution < 1.29 is 9.00 Å². The number of carbonyl (C=O) groups is 1. The molecule has 1 rings (SSSR count). The molecular formula is C19H39IN4O2S. The number of carbonyl (C=O) groups excluding carboxylic acids is 1. The van der Waals surface area contributed by atoms with Crippen molar-refractivity contribution in [2.75, 3.05) is 18.8 Å². The molecule has 6 nitrogen and oxygen atoms in total. The first kappa shape index (κ1) is 26.6. The Morgan fingerprint density at radius 2 is 1.93 bits per heavy atom. The van der Waals surface area contributed by atoms with Crippen LogP contribution in [0.2, 0.25) is 0 Å². The molecule has 0 bridgehead atoms. The quantitative estimate of drug-likeness (QED) is 0.277. The Hall–Kier alpha value is -0.380. The number of halogens is 1. The lowest BCUT2D eigenvalue weighted by Gasteiger charge is -2.30. The highest BCUT2D eigenvalue weighted by Crippen LogP contribution is 2.24. The molecule has 1 fully saturated rings. The minimum absolute atomic E-state index is 0. The summed E-state index contributed by atoms with van der Waals surface area (Å²) in [6.07, 6.45) is 3.87. The molecule has 0 radical (unpaired) electrons. The minimum atomic E-state index is -0.898. The van der Waals surface area contributed by atoms with E-state index >= 15 is 0 Å². The lowest BCUT2D eigenvalue weighted by Crippen LogP contribution is -2.47. The molecule has 0 saturated heterocycles. The number of guanidine groups is 1. The molecule has 1 aliphatic rings. The molecule has 0 aromatic heterocycles. The van der Waals surface area contributed by atoms with Crippen LogP contribution >= 0.6 is 24.0 Å². The van der Waals surface area contributed by atoms with Crippen LogP contribution in [-0.2, 0) is 15.6 Å². The van der Waals surface area contributed by atoms with E-state index in [1.807, 2.05) is 41.5 Å². The van der Waals surface area contributed by atoms with Gasteiger partial charge < -0.3 is 16.0 Å². The number of nitrogens with one attached hydrogen (secondary N) is 3. The van der Waals surface area contributed by atoms with Gasteiger partial charge in [-0.3, -0.25) is 14.0 Å². The van der Waals surface area contributed by atoms with Crippen LogP contribution in [0.25, 0.3) is 0 Å². The highest BCUT2D eigenvalue weighted by Gasteiger charge is 2.28. The van der Waals surface area contributed by atoms with E-state index in [0.717, 1.165) is 38.2 Å². The molecule has 0 spiro atoms. The number of hydrogen-bond donors (Lipinski definition) is 3. The van der Waals surface area contributed by atoms with E-state index < -0.39 is 10.8 Å². The van der Waals surface area contributed by atoms with Crippen LogP contribution in [0.15, 0.2) is 4.99 Å². The zero-order valence-electron chi connectivity index (χ0n) is 17.8. The summed E-state index contributed by atoms with van der Waals surface area (Å²) in [5, 5.41) is 9.75. The van der Waals surface area contributed by atoms with Gasteiger partial charge in [-0.1, -0.05) is 6.42 Å². The smallest absolute Gasteiger partial charge is 0.223 e. The monoisotopic (exact) mass is 514 g/mol. The average molecular weight is 515 g/mol. The topological polar surface area (TPSA) is 82.6 Å². The molecule has 3 N–H and O–H groups in total. The standard InChI is InChI=1S/C19H38N4O2S.HI/c1-7-20-18(21-11-12-26(25)19(4,5)6)23-16-10-8-9-15(13-16)17(24)22-14(2)3;/h14-16H,7-13H2,1-6H3,(H,22,24)(H2,20,21,23);1H. The number of hydrogen-bond acceptors (Lipinski definition) is 3. The molecule has 1 amide bonds. The van der Waals surface area contributed by atoms with Crippen LogP contribution in [0.5, 0.6) is 0 Å².